The molecule has 0 aromatic heterocycles. The van der Waals surface area contributed by atoms with Gasteiger partial charge in [-0.25, -0.2) is 13.2 Å². The number of likely N-dealkylation sites (tertiary alicyclic amines) is 1. The average molecular weight is 525 g/mol. The maximum atomic E-state index is 12.9. The molecule has 4 N–H and O–H groups in total. The molecular weight excluding hydrogens is 488 g/mol. The Bertz CT molecular complexity index is 1010. The number of carbonyl (C=O) groups excluding carboxylic acids is 2. The monoisotopic (exact) mass is 524 g/mol. The third-order valence-electron chi connectivity index (χ3n) is 6.93. The van der Waals surface area contributed by atoms with Crippen molar-refractivity contribution in [2.75, 3.05) is 39.8 Å². The third-order valence-corrected chi connectivity index (χ3v) is 8.42. The Kier molecular flexibility index (Phi) is 9.83. The highest BCUT2D eigenvalue weighted by Crippen LogP contribution is 2.22. The molecule has 200 valence electrons. The van der Waals surface area contributed by atoms with E-state index in [1.54, 1.807) is 11.0 Å². The number of sulfonamides is 1. The van der Waals surface area contributed by atoms with Crippen LogP contribution in [0.25, 0.3) is 0 Å². The lowest BCUT2D eigenvalue weighted by Crippen LogP contribution is -2.62. The third kappa shape index (κ3) is 7.25. The summed E-state index contributed by atoms with van der Waals surface area (Å²) in [6.45, 7) is 2.17. The zero-order valence-electron chi connectivity index (χ0n) is 20.6. The first-order valence-corrected chi connectivity index (χ1v) is 13.8. The highest BCUT2D eigenvalue weighted by molar-refractivity contribution is 7.89. The van der Waals surface area contributed by atoms with Crippen LogP contribution in [0.1, 0.15) is 38.5 Å². The van der Waals surface area contributed by atoms with E-state index >= 15 is 0 Å². The highest BCUT2D eigenvalue weighted by atomic mass is 32.2. The minimum atomic E-state index is -4.25. The van der Waals surface area contributed by atoms with Gasteiger partial charge in [-0.2, -0.15) is 4.72 Å². The first-order valence-electron chi connectivity index (χ1n) is 12.3. The first-order chi connectivity index (χ1) is 17.2. The Morgan fingerprint density at radius 3 is 2.50 bits per heavy atom. The van der Waals surface area contributed by atoms with Crippen molar-refractivity contribution in [2.45, 2.75) is 49.1 Å². The zero-order chi connectivity index (χ0) is 26.2. The highest BCUT2D eigenvalue weighted by Gasteiger charge is 2.44. The van der Waals surface area contributed by atoms with E-state index in [-0.39, 0.29) is 17.3 Å². The van der Waals surface area contributed by atoms with Crippen LogP contribution in [0.2, 0.25) is 0 Å². The summed E-state index contributed by atoms with van der Waals surface area (Å²) in [6, 6.07) is 7.29. The smallest absolute Gasteiger partial charge is 0.354 e. The number of carbonyl (C=O) groups is 3. The number of hydrogen-bond acceptors (Lipinski definition) is 7. The SMILES string of the molecule is CO[C@](CNC(=O)C1CCCN(C(=O)CCC2CCNCC2)C1)(NS(=O)(=O)c1ccccc1)C(=O)O. The average Bonchev–Trinajstić information content (AvgIpc) is 2.90. The Morgan fingerprint density at radius 2 is 1.86 bits per heavy atom. The summed E-state index contributed by atoms with van der Waals surface area (Å²) in [5.74, 6) is -2.00. The molecule has 0 radical (unpaired) electrons. The zero-order valence-corrected chi connectivity index (χ0v) is 21.4. The predicted octanol–water partition coefficient (Wildman–Crippen LogP) is 0.527. The Hall–Kier alpha value is -2.54. The van der Waals surface area contributed by atoms with E-state index in [0.29, 0.717) is 31.7 Å². The minimum absolute atomic E-state index is 0.0263. The lowest BCUT2D eigenvalue weighted by Gasteiger charge is -2.34. The maximum absolute atomic E-state index is 12.9. The van der Waals surface area contributed by atoms with Crippen molar-refractivity contribution in [3.63, 3.8) is 0 Å². The van der Waals surface area contributed by atoms with Crippen molar-refractivity contribution in [3.05, 3.63) is 30.3 Å². The van der Waals surface area contributed by atoms with E-state index in [0.717, 1.165) is 39.5 Å². The van der Waals surface area contributed by atoms with Crippen LogP contribution >= 0.6 is 0 Å². The molecule has 2 saturated heterocycles. The molecular formula is C24H36N4O7S. The summed E-state index contributed by atoms with van der Waals surface area (Å²) in [4.78, 5) is 39.3. The van der Waals surface area contributed by atoms with Crippen molar-refractivity contribution in [2.24, 2.45) is 11.8 Å². The number of benzene rings is 1. The fourth-order valence-electron chi connectivity index (χ4n) is 4.66. The van der Waals surface area contributed by atoms with Gasteiger partial charge >= 0.3 is 5.97 Å². The van der Waals surface area contributed by atoms with Crippen molar-refractivity contribution in [1.29, 1.82) is 0 Å². The van der Waals surface area contributed by atoms with Gasteiger partial charge in [-0.15, -0.1) is 0 Å². The molecule has 2 fully saturated rings. The fraction of sp³-hybridized carbons (Fsp3) is 0.625. The topological polar surface area (TPSA) is 154 Å². The van der Waals surface area contributed by atoms with Crippen molar-refractivity contribution in [1.82, 2.24) is 20.3 Å². The van der Waals surface area contributed by atoms with E-state index < -0.39 is 40.1 Å². The molecule has 12 heteroatoms. The van der Waals surface area contributed by atoms with Crippen molar-refractivity contribution < 1.29 is 32.6 Å². The standard InChI is InChI=1S/C24H36N4O7S/c1-35-24(23(31)32,27-36(33,34)20-7-3-2-4-8-20)17-26-22(30)19-6-5-15-28(16-19)21(29)10-9-18-11-13-25-14-12-18/h2-4,7-8,18-19,25,27H,5-6,9-17H2,1H3,(H,26,30)(H,31,32)/t19?,24-/m0/s1. The van der Waals surface area contributed by atoms with E-state index in [1.807, 2.05) is 0 Å². The molecule has 2 amide bonds. The van der Waals surface area contributed by atoms with Crippen LogP contribution in [-0.4, -0.2) is 81.8 Å². The molecule has 1 aromatic rings. The van der Waals surface area contributed by atoms with Crippen LogP contribution < -0.4 is 15.4 Å². The van der Waals surface area contributed by atoms with Gasteiger partial charge in [-0.1, -0.05) is 18.2 Å². The number of carboxylic acids is 1. The molecule has 2 atom stereocenters. The van der Waals surface area contributed by atoms with E-state index in [2.05, 4.69) is 15.4 Å². The van der Waals surface area contributed by atoms with Crippen molar-refractivity contribution in [3.8, 4) is 0 Å². The normalized spacial score (nSPS) is 20.9. The van der Waals surface area contributed by atoms with Crippen LogP contribution in [-0.2, 0) is 29.1 Å². The quantitative estimate of drug-likeness (QED) is 0.306. The van der Waals surface area contributed by atoms with Gasteiger partial charge in [0.2, 0.25) is 27.6 Å². The number of hydrogen-bond donors (Lipinski definition) is 4. The van der Waals surface area contributed by atoms with Crippen LogP contribution in [0.15, 0.2) is 35.2 Å². The molecule has 0 saturated carbocycles. The number of nitrogens with zero attached hydrogens (tertiary/aromatic N) is 1. The van der Waals surface area contributed by atoms with E-state index in [9.17, 15) is 27.9 Å². The van der Waals surface area contributed by atoms with Gasteiger partial charge in [0, 0.05) is 26.6 Å². The number of nitrogens with one attached hydrogen (secondary N) is 3. The van der Waals surface area contributed by atoms with Crippen LogP contribution in [0.4, 0.5) is 0 Å². The summed E-state index contributed by atoms with van der Waals surface area (Å²) in [5.41, 5.74) is -2.40. The minimum Gasteiger partial charge on any atom is -0.478 e. The Balaban J connectivity index is 1.58. The maximum Gasteiger partial charge on any atom is 0.354 e. The summed E-state index contributed by atoms with van der Waals surface area (Å²) < 4.78 is 32.6. The summed E-state index contributed by atoms with van der Waals surface area (Å²) in [5, 5.41) is 15.6. The van der Waals surface area contributed by atoms with Gasteiger partial charge in [0.1, 0.15) is 0 Å². The second kappa shape index (κ2) is 12.6. The molecule has 1 unspecified atom stereocenters. The summed E-state index contributed by atoms with van der Waals surface area (Å²) in [6.07, 6.45) is 4.63. The molecule has 36 heavy (non-hydrogen) atoms. The second-order valence-corrected chi connectivity index (χ2v) is 11.1. The van der Waals surface area contributed by atoms with E-state index in [4.69, 9.17) is 4.74 Å². The number of rotatable bonds is 11. The second-order valence-electron chi connectivity index (χ2n) is 9.38. The molecule has 3 rings (SSSR count). The molecule has 0 spiro atoms. The molecule has 2 heterocycles. The van der Waals surface area contributed by atoms with Gasteiger partial charge in [0.05, 0.1) is 17.4 Å². The molecule has 11 nitrogen and oxygen atoms in total. The first kappa shape index (κ1) is 28.0. The Morgan fingerprint density at radius 1 is 1.17 bits per heavy atom. The number of methoxy groups -OCH3 is 1. The van der Waals surface area contributed by atoms with Crippen LogP contribution in [0, 0.1) is 11.8 Å². The number of carboxylic acid groups (broad SMARTS) is 1. The van der Waals surface area contributed by atoms with Gasteiger partial charge in [0.15, 0.2) is 0 Å². The number of piperidine rings is 2. The van der Waals surface area contributed by atoms with Gasteiger partial charge in [0.25, 0.3) is 0 Å². The molecule has 1 aromatic carbocycles. The number of amides is 2. The predicted molar refractivity (Wildman–Crippen MR) is 131 cm³/mol. The largest absolute Gasteiger partial charge is 0.478 e. The molecule has 2 aliphatic heterocycles. The number of aliphatic carboxylic acids is 1. The van der Waals surface area contributed by atoms with Gasteiger partial charge < -0.3 is 25.4 Å². The van der Waals surface area contributed by atoms with E-state index in [1.165, 1.54) is 24.3 Å². The van der Waals surface area contributed by atoms with Gasteiger partial charge in [-0.05, 0) is 63.2 Å². The molecule has 0 aliphatic carbocycles. The summed E-state index contributed by atoms with van der Waals surface area (Å²) in [7, 11) is -3.19. The fourth-order valence-corrected chi connectivity index (χ4v) is 5.97. The van der Waals surface area contributed by atoms with Gasteiger partial charge in [-0.3, -0.25) is 9.59 Å². The molecule has 0 bridgehead atoms. The molecule has 2 aliphatic rings. The summed E-state index contributed by atoms with van der Waals surface area (Å²) >= 11 is 0. The van der Waals surface area contributed by atoms with Crippen LogP contribution in [0.5, 0.6) is 0 Å². The number of ether oxygens (including phenoxy) is 1. The van der Waals surface area contributed by atoms with Crippen molar-refractivity contribution >= 4 is 27.8 Å². The lowest BCUT2D eigenvalue weighted by molar-refractivity contribution is -0.163. The van der Waals surface area contributed by atoms with Crippen LogP contribution in [0.3, 0.4) is 0 Å². The lowest BCUT2D eigenvalue weighted by atomic mass is 9.92. The Labute approximate surface area is 212 Å².